The molecule has 3 amide bonds. The molecule has 3 N–H and O–H groups in total. The summed E-state index contributed by atoms with van der Waals surface area (Å²) < 4.78 is 1.64. The van der Waals surface area contributed by atoms with Gasteiger partial charge < -0.3 is 5.11 Å². The van der Waals surface area contributed by atoms with Gasteiger partial charge in [0.05, 0.1) is 0 Å². The van der Waals surface area contributed by atoms with Crippen LogP contribution in [-0.4, -0.2) is 32.8 Å². The molecule has 1 aromatic rings. The minimum atomic E-state index is -1.27. The molecule has 0 bridgehead atoms. The van der Waals surface area contributed by atoms with Crippen LogP contribution in [-0.2, 0) is 9.59 Å². The minimum Gasteiger partial charge on any atom is -0.478 e. The maximum atomic E-state index is 11.4. The van der Waals surface area contributed by atoms with E-state index in [2.05, 4.69) is 10.4 Å². The first-order valence-electron chi connectivity index (χ1n) is 5.46. The van der Waals surface area contributed by atoms with Crippen molar-refractivity contribution in [3.63, 3.8) is 0 Å². The molecule has 0 aliphatic carbocycles. The third-order valence-electron chi connectivity index (χ3n) is 1.99. The van der Waals surface area contributed by atoms with Gasteiger partial charge in [-0.2, -0.15) is 5.10 Å². The lowest BCUT2D eigenvalue weighted by atomic mass is 10.4. The second kappa shape index (κ2) is 6.34. The van der Waals surface area contributed by atoms with Crippen LogP contribution in [0, 0.1) is 0 Å². The molecule has 0 unspecified atom stereocenters. The van der Waals surface area contributed by atoms with Gasteiger partial charge in [-0.05, 0) is 13.8 Å². The molecule has 8 heteroatoms. The summed E-state index contributed by atoms with van der Waals surface area (Å²) in [7, 11) is 0. The SMILES string of the molecule is CC(C)n1ccc(NC(=O)NC(=O)/C=C/C(=O)O)n1. The van der Waals surface area contributed by atoms with Crippen molar-refractivity contribution in [1.29, 1.82) is 0 Å². The van der Waals surface area contributed by atoms with Crippen molar-refractivity contribution in [2.45, 2.75) is 19.9 Å². The fraction of sp³-hybridized carbons (Fsp3) is 0.273. The molecule has 1 aromatic heterocycles. The normalized spacial score (nSPS) is 10.7. The van der Waals surface area contributed by atoms with Crippen LogP contribution in [0.2, 0.25) is 0 Å². The summed E-state index contributed by atoms with van der Waals surface area (Å²) >= 11 is 0. The Morgan fingerprint density at radius 1 is 1.37 bits per heavy atom. The molecule has 0 fully saturated rings. The van der Waals surface area contributed by atoms with E-state index in [-0.39, 0.29) is 6.04 Å². The Morgan fingerprint density at radius 2 is 2.05 bits per heavy atom. The highest BCUT2D eigenvalue weighted by molar-refractivity contribution is 6.06. The molecule has 0 aliphatic heterocycles. The van der Waals surface area contributed by atoms with E-state index in [1.165, 1.54) is 0 Å². The smallest absolute Gasteiger partial charge is 0.328 e. The standard InChI is InChI=1S/C11H14N4O4/c1-7(2)15-6-5-8(14-15)12-11(19)13-9(16)3-4-10(17)18/h3-7H,1-2H3,(H,17,18)(H2,12,13,14,16,19)/b4-3+. The number of aliphatic carboxylic acids is 1. The minimum absolute atomic E-state index is 0.152. The van der Waals surface area contributed by atoms with Crippen molar-refractivity contribution < 1.29 is 19.5 Å². The zero-order valence-corrected chi connectivity index (χ0v) is 10.5. The summed E-state index contributed by atoms with van der Waals surface area (Å²) in [4.78, 5) is 32.7. The predicted octanol–water partition coefficient (Wildman–Crippen LogP) is 0.753. The second-order valence-electron chi connectivity index (χ2n) is 3.89. The number of nitrogens with one attached hydrogen (secondary N) is 2. The number of rotatable bonds is 4. The number of carboxylic acids is 1. The molecule has 1 rings (SSSR count). The predicted molar refractivity (Wildman–Crippen MR) is 66.5 cm³/mol. The number of urea groups is 1. The maximum absolute atomic E-state index is 11.4. The summed E-state index contributed by atoms with van der Waals surface area (Å²) in [5.41, 5.74) is 0. The van der Waals surface area contributed by atoms with Crippen molar-refractivity contribution in [2.24, 2.45) is 0 Å². The van der Waals surface area contributed by atoms with Crippen molar-refractivity contribution in [2.75, 3.05) is 5.32 Å². The second-order valence-corrected chi connectivity index (χ2v) is 3.89. The Labute approximate surface area is 109 Å². The largest absolute Gasteiger partial charge is 0.478 e. The van der Waals surface area contributed by atoms with E-state index in [0.717, 1.165) is 6.08 Å². The van der Waals surface area contributed by atoms with Crippen LogP contribution in [0.3, 0.4) is 0 Å². The number of carboxylic acid groups (broad SMARTS) is 1. The van der Waals surface area contributed by atoms with E-state index < -0.39 is 17.9 Å². The summed E-state index contributed by atoms with van der Waals surface area (Å²) in [6.07, 6.45) is 3.07. The van der Waals surface area contributed by atoms with Crippen LogP contribution in [0.15, 0.2) is 24.4 Å². The molecule has 102 valence electrons. The fourth-order valence-electron chi connectivity index (χ4n) is 1.14. The first-order valence-corrected chi connectivity index (χ1v) is 5.46. The molecule has 19 heavy (non-hydrogen) atoms. The number of amides is 3. The lowest BCUT2D eigenvalue weighted by Gasteiger charge is -2.04. The van der Waals surface area contributed by atoms with Gasteiger partial charge in [-0.15, -0.1) is 0 Å². The summed E-state index contributed by atoms with van der Waals surface area (Å²) in [5.74, 6) is -1.81. The molecule has 0 saturated carbocycles. The van der Waals surface area contributed by atoms with Crippen molar-refractivity contribution in [1.82, 2.24) is 15.1 Å². The van der Waals surface area contributed by atoms with Crippen molar-refractivity contribution in [3.05, 3.63) is 24.4 Å². The van der Waals surface area contributed by atoms with E-state index in [9.17, 15) is 14.4 Å². The quantitative estimate of drug-likeness (QED) is 0.696. The number of carbonyl (C=O) groups is 3. The zero-order valence-electron chi connectivity index (χ0n) is 10.5. The van der Waals surface area contributed by atoms with Crippen LogP contribution >= 0.6 is 0 Å². The number of imide groups is 1. The number of hydrogen-bond donors (Lipinski definition) is 3. The first kappa shape index (κ1) is 14.4. The van der Waals surface area contributed by atoms with Crippen LogP contribution in [0.4, 0.5) is 10.6 Å². The Balaban J connectivity index is 2.50. The molecular formula is C11H14N4O4. The Morgan fingerprint density at radius 3 is 2.58 bits per heavy atom. The van der Waals surface area contributed by atoms with Crippen molar-refractivity contribution in [3.8, 4) is 0 Å². The van der Waals surface area contributed by atoms with E-state index in [1.54, 1.807) is 16.9 Å². The topological polar surface area (TPSA) is 113 Å². The zero-order chi connectivity index (χ0) is 14.4. The van der Waals surface area contributed by atoms with E-state index in [0.29, 0.717) is 11.9 Å². The maximum Gasteiger partial charge on any atom is 0.328 e. The van der Waals surface area contributed by atoms with E-state index in [4.69, 9.17) is 5.11 Å². The van der Waals surface area contributed by atoms with Crippen LogP contribution in [0.5, 0.6) is 0 Å². The molecular weight excluding hydrogens is 252 g/mol. The molecule has 0 spiro atoms. The average molecular weight is 266 g/mol. The fourth-order valence-corrected chi connectivity index (χ4v) is 1.14. The van der Waals surface area contributed by atoms with Crippen LogP contribution in [0.25, 0.3) is 0 Å². The van der Waals surface area contributed by atoms with Gasteiger partial charge in [-0.25, -0.2) is 9.59 Å². The van der Waals surface area contributed by atoms with Gasteiger partial charge in [-0.3, -0.25) is 20.1 Å². The number of aromatic nitrogens is 2. The van der Waals surface area contributed by atoms with Crippen molar-refractivity contribution >= 4 is 23.7 Å². The van der Waals surface area contributed by atoms with Gasteiger partial charge in [0.25, 0.3) is 5.91 Å². The van der Waals surface area contributed by atoms with Crippen LogP contribution in [0.1, 0.15) is 19.9 Å². The summed E-state index contributed by atoms with van der Waals surface area (Å²) in [6, 6.07) is 0.949. The molecule has 8 nitrogen and oxygen atoms in total. The Bertz CT molecular complexity index is 519. The Kier molecular flexibility index (Phi) is 4.81. The monoisotopic (exact) mass is 266 g/mol. The van der Waals surface area contributed by atoms with Gasteiger partial charge in [0, 0.05) is 30.5 Å². The van der Waals surface area contributed by atoms with E-state index >= 15 is 0 Å². The summed E-state index contributed by atoms with van der Waals surface area (Å²) in [5, 5.41) is 16.6. The number of carbonyl (C=O) groups excluding carboxylic acids is 2. The van der Waals surface area contributed by atoms with Gasteiger partial charge in [0.2, 0.25) is 0 Å². The lowest BCUT2D eigenvalue weighted by Crippen LogP contribution is -2.33. The molecule has 0 radical (unpaired) electrons. The third kappa shape index (κ3) is 5.02. The van der Waals surface area contributed by atoms with E-state index in [1.807, 2.05) is 19.2 Å². The molecule has 0 atom stereocenters. The number of nitrogens with zero attached hydrogens (tertiary/aromatic N) is 2. The molecule has 0 aromatic carbocycles. The lowest BCUT2D eigenvalue weighted by molar-refractivity contribution is -0.131. The average Bonchev–Trinajstić information content (AvgIpc) is 2.74. The Hall–Kier alpha value is -2.64. The summed E-state index contributed by atoms with van der Waals surface area (Å²) in [6.45, 7) is 3.86. The third-order valence-corrected chi connectivity index (χ3v) is 1.99. The molecule has 1 heterocycles. The number of anilines is 1. The highest BCUT2D eigenvalue weighted by Crippen LogP contribution is 2.07. The van der Waals surface area contributed by atoms with Gasteiger partial charge in [0.1, 0.15) is 0 Å². The number of hydrogen-bond acceptors (Lipinski definition) is 4. The molecule has 0 saturated heterocycles. The molecule has 0 aliphatic rings. The highest BCUT2D eigenvalue weighted by Gasteiger charge is 2.08. The van der Waals surface area contributed by atoms with Crippen LogP contribution < -0.4 is 10.6 Å². The van der Waals surface area contributed by atoms with Gasteiger partial charge in [-0.1, -0.05) is 0 Å². The van der Waals surface area contributed by atoms with Gasteiger partial charge in [0.15, 0.2) is 5.82 Å². The highest BCUT2D eigenvalue weighted by atomic mass is 16.4. The van der Waals surface area contributed by atoms with Gasteiger partial charge >= 0.3 is 12.0 Å². The first-order chi connectivity index (χ1) is 8.88.